The van der Waals surface area contributed by atoms with E-state index in [0.29, 0.717) is 0 Å². The van der Waals surface area contributed by atoms with Gasteiger partial charge in [0.2, 0.25) is 0 Å². The molecule has 1 nitrogen and oxygen atoms in total. The lowest BCUT2D eigenvalue weighted by atomic mass is 9.89. The standard InChI is InChI=1S/C11H23N/c1-3-4-5-8-11-10(2)7-6-9-12-11/h10-12H,3-9H2,1-2H3. The Balaban J connectivity index is 2.11. The highest BCUT2D eigenvalue weighted by molar-refractivity contribution is 4.77. The van der Waals surface area contributed by atoms with Crippen molar-refractivity contribution in [1.29, 1.82) is 0 Å². The first-order valence-electron chi connectivity index (χ1n) is 5.58. The molecular formula is C11H23N. The van der Waals surface area contributed by atoms with Gasteiger partial charge in [-0.05, 0) is 31.7 Å². The fraction of sp³-hybridized carbons (Fsp3) is 1.00. The van der Waals surface area contributed by atoms with E-state index in [1.807, 2.05) is 0 Å². The van der Waals surface area contributed by atoms with Gasteiger partial charge in [-0.15, -0.1) is 0 Å². The van der Waals surface area contributed by atoms with Crippen molar-refractivity contribution >= 4 is 0 Å². The second-order valence-corrected chi connectivity index (χ2v) is 4.18. The van der Waals surface area contributed by atoms with Gasteiger partial charge in [-0.3, -0.25) is 0 Å². The Labute approximate surface area is 76.9 Å². The maximum absolute atomic E-state index is 3.63. The minimum atomic E-state index is 0.824. The Hall–Kier alpha value is -0.0400. The molecule has 0 bridgehead atoms. The molecule has 1 N–H and O–H groups in total. The quantitative estimate of drug-likeness (QED) is 0.638. The van der Waals surface area contributed by atoms with E-state index in [1.54, 1.807) is 0 Å². The smallest absolute Gasteiger partial charge is 0.00926 e. The molecule has 1 saturated heterocycles. The van der Waals surface area contributed by atoms with Crippen LogP contribution in [0, 0.1) is 5.92 Å². The van der Waals surface area contributed by atoms with E-state index in [2.05, 4.69) is 19.2 Å². The lowest BCUT2D eigenvalue weighted by Crippen LogP contribution is -2.39. The van der Waals surface area contributed by atoms with Gasteiger partial charge in [0.15, 0.2) is 0 Å². The predicted octanol–water partition coefficient (Wildman–Crippen LogP) is 2.95. The molecule has 0 aromatic carbocycles. The highest BCUT2D eigenvalue weighted by Crippen LogP contribution is 2.19. The zero-order valence-electron chi connectivity index (χ0n) is 8.60. The number of rotatable bonds is 4. The molecule has 0 aromatic rings. The van der Waals surface area contributed by atoms with Crippen LogP contribution in [0.2, 0.25) is 0 Å². The summed E-state index contributed by atoms with van der Waals surface area (Å²) in [5.41, 5.74) is 0. The molecule has 0 saturated carbocycles. The van der Waals surface area contributed by atoms with Crippen LogP contribution >= 0.6 is 0 Å². The van der Waals surface area contributed by atoms with Gasteiger partial charge >= 0.3 is 0 Å². The fourth-order valence-electron chi connectivity index (χ4n) is 2.11. The molecular weight excluding hydrogens is 146 g/mol. The van der Waals surface area contributed by atoms with E-state index < -0.39 is 0 Å². The van der Waals surface area contributed by atoms with Crippen molar-refractivity contribution in [2.24, 2.45) is 5.92 Å². The Bertz CT molecular complexity index is 112. The summed E-state index contributed by atoms with van der Waals surface area (Å²) in [6, 6.07) is 0.824. The van der Waals surface area contributed by atoms with Gasteiger partial charge in [0.1, 0.15) is 0 Å². The summed E-state index contributed by atoms with van der Waals surface area (Å²) < 4.78 is 0. The molecule has 2 atom stereocenters. The third kappa shape index (κ3) is 3.14. The van der Waals surface area contributed by atoms with Gasteiger partial charge in [-0.25, -0.2) is 0 Å². The van der Waals surface area contributed by atoms with E-state index in [0.717, 1.165) is 12.0 Å². The summed E-state index contributed by atoms with van der Waals surface area (Å²) in [5.74, 6) is 0.913. The summed E-state index contributed by atoms with van der Waals surface area (Å²) in [6.07, 6.45) is 8.38. The van der Waals surface area contributed by atoms with Crippen LogP contribution in [0.4, 0.5) is 0 Å². The van der Waals surface area contributed by atoms with Crippen molar-refractivity contribution < 1.29 is 0 Å². The molecule has 0 amide bonds. The van der Waals surface area contributed by atoms with Gasteiger partial charge in [-0.1, -0.05) is 33.1 Å². The summed E-state index contributed by atoms with van der Waals surface area (Å²) in [5, 5.41) is 3.63. The minimum absolute atomic E-state index is 0.824. The monoisotopic (exact) mass is 169 g/mol. The summed E-state index contributed by atoms with van der Waals surface area (Å²) in [6.45, 7) is 5.92. The van der Waals surface area contributed by atoms with E-state index in [9.17, 15) is 0 Å². The molecule has 0 spiro atoms. The molecule has 1 rings (SSSR count). The molecule has 12 heavy (non-hydrogen) atoms. The zero-order valence-corrected chi connectivity index (χ0v) is 8.60. The first kappa shape index (κ1) is 10.0. The molecule has 1 aliphatic rings. The molecule has 0 radical (unpaired) electrons. The normalized spacial score (nSPS) is 30.5. The number of hydrogen-bond acceptors (Lipinski definition) is 1. The van der Waals surface area contributed by atoms with Crippen LogP contribution in [0.1, 0.15) is 52.4 Å². The molecule has 1 heterocycles. The second kappa shape index (κ2) is 5.58. The number of hydrogen-bond donors (Lipinski definition) is 1. The van der Waals surface area contributed by atoms with Crippen molar-refractivity contribution in [2.75, 3.05) is 6.54 Å². The maximum Gasteiger partial charge on any atom is 0.00926 e. The molecule has 0 aromatic heterocycles. The molecule has 0 aliphatic carbocycles. The van der Waals surface area contributed by atoms with Gasteiger partial charge in [-0.2, -0.15) is 0 Å². The maximum atomic E-state index is 3.63. The van der Waals surface area contributed by atoms with E-state index >= 15 is 0 Å². The van der Waals surface area contributed by atoms with Crippen LogP contribution in [0.5, 0.6) is 0 Å². The van der Waals surface area contributed by atoms with E-state index in [-0.39, 0.29) is 0 Å². The number of nitrogens with one attached hydrogen (secondary N) is 1. The average Bonchev–Trinajstić information content (AvgIpc) is 2.09. The number of piperidine rings is 1. The van der Waals surface area contributed by atoms with Crippen molar-refractivity contribution in [3.05, 3.63) is 0 Å². The Morgan fingerprint density at radius 2 is 2.17 bits per heavy atom. The summed E-state index contributed by atoms with van der Waals surface area (Å²) >= 11 is 0. The Morgan fingerprint density at radius 3 is 2.83 bits per heavy atom. The minimum Gasteiger partial charge on any atom is -0.314 e. The van der Waals surface area contributed by atoms with Gasteiger partial charge in [0.25, 0.3) is 0 Å². The SMILES string of the molecule is CCCCCC1NCCCC1C. The van der Waals surface area contributed by atoms with Crippen LogP contribution in [0.15, 0.2) is 0 Å². The van der Waals surface area contributed by atoms with Crippen molar-refractivity contribution in [2.45, 2.75) is 58.4 Å². The van der Waals surface area contributed by atoms with Crippen LogP contribution in [0.25, 0.3) is 0 Å². The lowest BCUT2D eigenvalue weighted by molar-refractivity contribution is 0.280. The molecule has 72 valence electrons. The Morgan fingerprint density at radius 1 is 1.33 bits per heavy atom. The third-order valence-corrected chi connectivity index (χ3v) is 3.05. The van der Waals surface area contributed by atoms with Crippen LogP contribution in [-0.2, 0) is 0 Å². The number of unbranched alkanes of at least 4 members (excludes halogenated alkanes) is 2. The molecule has 2 unspecified atom stereocenters. The van der Waals surface area contributed by atoms with Crippen LogP contribution in [-0.4, -0.2) is 12.6 Å². The fourth-order valence-corrected chi connectivity index (χ4v) is 2.11. The molecule has 1 aliphatic heterocycles. The predicted molar refractivity (Wildman–Crippen MR) is 54.3 cm³/mol. The first-order chi connectivity index (χ1) is 5.84. The third-order valence-electron chi connectivity index (χ3n) is 3.05. The highest BCUT2D eigenvalue weighted by Gasteiger charge is 2.19. The molecule has 1 heteroatoms. The van der Waals surface area contributed by atoms with Gasteiger partial charge in [0.05, 0.1) is 0 Å². The van der Waals surface area contributed by atoms with Crippen LogP contribution in [0.3, 0.4) is 0 Å². The Kier molecular flexibility index (Phi) is 4.67. The lowest BCUT2D eigenvalue weighted by Gasteiger charge is -2.30. The van der Waals surface area contributed by atoms with Crippen LogP contribution < -0.4 is 5.32 Å². The van der Waals surface area contributed by atoms with Gasteiger partial charge < -0.3 is 5.32 Å². The van der Waals surface area contributed by atoms with Gasteiger partial charge in [0, 0.05) is 6.04 Å². The van der Waals surface area contributed by atoms with E-state index in [4.69, 9.17) is 0 Å². The van der Waals surface area contributed by atoms with Crippen molar-refractivity contribution in [3.8, 4) is 0 Å². The summed E-state index contributed by atoms with van der Waals surface area (Å²) in [7, 11) is 0. The second-order valence-electron chi connectivity index (χ2n) is 4.18. The summed E-state index contributed by atoms with van der Waals surface area (Å²) in [4.78, 5) is 0. The largest absolute Gasteiger partial charge is 0.314 e. The average molecular weight is 169 g/mol. The van der Waals surface area contributed by atoms with Crippen molar-refractivity contribution in [3.63, 3.8) is 0 Å². The van der Waals surface area contributed by atoms with E-state index in [1.165, 1.54) is 45.1 Å². The molecule has 1 fully saturated rings. The highest BCUT2D eigenvalue weighted by atomic mass is 14.9. The first-order valence-corrected chi connectivity index (χ1v) is 5.58. The topological polar surface area (TPSA) is 12.0 Å². The zero-order chi connectivity index (χ0) is 8.81. The van der Waals surface area contributed by atoms with Crippen molar-refractivity contribution in [1.82, 2.24) is 5.32 Å².